The number of benzene rings is 7. The lowest BCUT2D eigenvalue weighted by molar-refractivity contribution is 0.0877. The lowest BCUT2D eigenvalue weighted by Gasteiger charge is -2.34. The van der Waals surface area contributed by atoms with E-state index in [0.717, 1.165) is 22.3 Å². The number of carbonyl (C=O) groups is 4. The quantitative estimate of drug-likeness (QED) is 0.0944. The molecule has 0 saturated carbocycles. The van der Waals surface area contributed by atoms with Crippen molar-refractivity contribution >= 4 is 78.1 Å². The third kappa shape index (κ3) is 4.72. The van der Waals surface area contributed by atoms with E-state index in [0.29, 0.717) is 65.6 Å². The van der Waals surface area contributed by atoms with Crippen LogP contribution in [0.15, 0.2) is 72.8 Å². The van der Waals surface area contributed by atoms with Gasteiger partial charge in [0, 0.05) is 38.1 Å². The van der Waals surface area contributed by atoms with Gasteiger partial charge in [-0.15, -0.1) is 0 Å². The normalized spacial score (nSPS) is 14.2. The third-order valence-electron chi connectivity index (χ3n) is 12.2. The number of carbonyl (C=O) groups excluding carboxylic acids is 4. The lowest BCUT2D eigenvalue weighted by Crippen LogP contribution is -2.42. The van der Waals surface area contributed by atoms with Gasteiger partial charge in [-0.05, 0) is 86.3 Å². The summed E-state index contributed by atoms with van der Waals surface area (Å²) in [5.74, 6) is -1.94. The molecule has 7 aromatic carbocycles. The van der Waals surface area contributed by atoms with Crippen LogP contribution >= 0.6 is 0 Å². The van der Waals surface area contributed by atoms with E-state index in [1.807, 2.05) is 91.8 Å². The monoisotopic (exact) mass is 760 g/mol. The predicted molar refractivity (Wildman–Crippen MR) is 229 cm³/mol. The molecule has 0 saturated heterocycles. The molecule has 2 aliphatic rings. The molecule has 284 valence electrons. The summed E-state index contributed by atoms with van der Waals surface area (Å²) in [5.41, 5.74) is 6.03. The second kappa shape index (κ2) is 12.8. The molecule has 2 aliphatic heterocycles. The highest BCUT2D eigenvalue weighted by molar-refractivity contribution is 6.46. The Morgan fingerprint density at radius 1 is 0.414 bits per heavy atom. The molecule has 4 amide bonds. The van der Waals surface area contributed by atoms with Crippen molar-refractivity contribution in [3.05, 3.63) is 128 Å². The first-order valence-corrected chi connectivity index (χ1v) is 19.8. The van der Waals surface area contributed by atoms with Crippen LogP contribution < -0.4 is 9.80 Å². The fourth-order valence-corrected chi connectivity index (χ4v) is 9.59. The van der Waals surface area contributed by atoms with E-state index in [2.05, 4.69) is 12.1 Å². The number of nitriles is 2. The first-order chi connectivity index (χ1) is 27.7. The Morgan fingerprint density at radius 3 is 1.07 bits per heavy atom. The van der Waals surface area contributed by atoms with Gasteiger partial charge in [0.15, 0.2) is 0 Å². The summed E-state index contributed by atoms with van der Waals surface area (Å²) in [4.78, 5) is 61.9. The minimum atomic E-state index is -0.541. The van der Waals surface area contributed by atoms with Crippen LogP contribution in [-0.2, 0) is 0 Å². The van der Waals surface area contributed by atoms with E-state index in [1.54, 1.807) is 36.4 Å². The molecular formula is C50H40N4O4. The molecule has 8 nitrogen and oxygen atoms in total. The zero-order valence-corrected chi connectivity index (χ0v) is 33.7. The molecule has 0 aromatic heterocycles. The standard InChI is InChI=1S/C50H40N4O4/c1-23(2)29-11-9-12-30(24(3)4)45(29)53-47(55)35-17-15-33-39-27(21-51)19-37-43-38(50(58)54(49(37)57)46-31(25(5)6)13-10-14-32(46)26(7)8)20-28(22-52)40(44(39)43)34-16-18-36(48(53)56)42(35)41(33)34/h9-20,23-26H,1-8H3. The van der Waals surface area contributed by atoms with E-state index >= 15 is 0 Å². The van der Waals surface area contributed by atoms with Gasteiger partial charge >= 0.3 is 0 Å². The summed E-state index contributed by atoms with van der Waals surface area (Å²) >= 11 is 0. The van der Waals surface area contributed by atoms with Crippen LogP contribution in [0.5, 0.6) is 0 Å². The average molecular weight is 761 g/mol. The molecule has 0 radical (unpaired) electrons. The smallest absolute Gasteiger partial charge is 0.266 e. The summed E-state index contributed by atoms with van der Waals surface area (Å²) in [6, 6.07) is 26.5. The second-order valence-corrected chi connectivity index (χ2v) is 16.8. The molecule has 58 heavy (non-hydrogen) atoms. The molecule has 0 bridgehead atoms. The molecule has 0 fully saturated rings. The molecule has 7 aromatic rings. The van der Waals surface area contributed by atoms with E-state index in [4.69, 9.17) is 0 Å². The van der Waals surface area contributed by atoms with Gasteiger partial charge in [-0.25, -0.2) is 9.80 Å². The third-order valence-corrected chi connectivity index (χ3v) is 12.2. The number of hydrogen-bond acceptors (Lipinski definition) is 6. The van der Waals surface area contributed by atoms with Crippen molar-refractivity contribution in [2.24, 2.45) is 0 Å². The van der Waals surface area contributed by atoms with Gasteiger partial charge in [0.1, 0.15) is 0 Å². The van der Waals surface area contributed by atoms with Gasteiger partial charge < -0.3 is 0 Å². The number of para-hydroxylation sites is 2. The maximum atomic E-state index is 14.9. The van der Waals surface area contributed by atoms with Crippen molar-refractivity contribution in [1.29, 1.82) is 10.5 Å². The Balaban J connectivity index is 1.37. The van der Waals surface area contributed by atoms with Crippen LogP contribution in [0.25, 0.3) is 43.1 Å². The van der Waals surface area contributed by atoms with Crippen molar-refractivity contribution < 1.29 is 19.2 Å². The molecule has 0 spiro atoms. The number of nitrogens with zero attached hydrogens (tertiary/aromatic N) is 4. The van der Waals surface area contributed by atoms with E-state index in [9.17, 15) is 29.7 Å². The largest absolute Gasteiger partial charge is 0.268 e. The fraction of sp³-hybridized carbons (Fsp3) is 0.240. The van der Waals surface area contributed by atoms with Crippen molar-refractivity contribution in [3.8, 4) is 12.1 Å². The maximum absolute atomic E-state index is 14.9. The van der Waals surface area contributed by atoms with Crippen molar-refractivity contribution in [3.63, 3.8) is 0 Å². The van der Waals surface area contributed by atoms with E-state index < -0.39 is 23.6 Å². The molecule has 0 atom stereocenters. The first-order valence-electron chi connectivity index (χ1n) is 19.8. The Bertz CT molecular complexity index is 2950. The van der Waals surface area contributed by atoms with Gasteiger partial charge in [0.25, 0.3) is 23.6 Å². The van der Waals surface area contributed by atoms with Crippen LogP contribution in [0, 0.1) is 22.7 Å². The Morgan fingerprint density at radius 2 is 0.741 bits per heavy atom. The minimum absolute atomic E-state index is 0.0120. The topological polar surface area (TPSA) is 122 Å². The molecular weight excluding hydrogens is 721 g/mol. The first kappa shape index (κ1) is 36.7. The second-order valence-electron chi connectivity index (χ2n) is 16.8. The molecule has 9 rings (SSSR count). The number of fused-ring (bicyclic) bond motifs is 2. The van der Waals surface area contributed by atoms with Crippen LogP contribution in [0.2, 0.25) is 0 Å². The molecule has 8 heteroatoms. The van der Waals surface area contributed by atoms with Crippen LogP contribution in [0.4, 0.5) is 11.4 Å². The number of hydrogen-bond donors (Lipinski definition) is 0. The van der Waals surface area contributed by atoms with E-state index in [1.165, 1.54) is 9.80 Å². The van der Waals surface area contributed by atoms with Crippen molar-refractivity contribution in [2.45, 2.75) is 79.1 Å². The predicted octanol–water partition coefficient (Wildman–Crippen LogP) is 11.6. The lowest BCUT2D eigenvalue weighted by atomic mass is 9.79. The molecule has 0 aliphatic carbocycles. The number of imide groups is 2. The summed E-state index contributed by atoms with van der Waals surface area (Å²) in [6.07, 6.45) is 0. The SMILES string of the molecule is CC(C)c1cccc(C(C)C)c1N1C(=O)c2ccc3c4c(C#N)cc5c6c(cc(C#N)c(c7ccc(c2c37)C1=O)c64)C(=O)N(c1c(C(C)C)cccc1C(C)C)C5=O. The summed E-state index contributed by atoms with van der Waals surface area (Å²) in [6.45, 7) is 16.2. The minimum Gasteiger partial charge on any atom is -0.268 e. The van der Waals surface area contributed by atoms with Crippen LogP contribution in [-0.4, -0.2) is 23.6 Å². The highest BCUT2D eigenvalue weighted by atomic mass is 16.2. The van der Waals surface area contributed by atoms with Crippen molar-refractivity contribution in [1.82, 2.24) is 0 Å². The van der Waals surface area contributed by atoms with Gasteiger partial charge in [-0.3, -0.25) is 19.2 Å². The Kier molecular flexibility index (Phi) is 8.11. The van der Waals surface area contributed by atoms with Gasteiger partial charge in [-0.1, -0.05) is 104 Å². The van der Waals surface area contributed by atoms with Gasteiger partial charge in [0.2, 0.25) is 0 Å². The number of amides is 4. The van der Waals surface area contributed by atoms with E-state index in [-0.39, 0.29) is 45.9 Å². The zero-order chi connectivity index (χ0) is 41.2. The molecule has 0 N–H and O–H groups in total. The maximum Gasteiger partial charge on any atom is 0.266 e. The summed E-state index contributed by atoms with van der Waals surface area (Å²) < 4.78 is 0. The molecule has 2 heterocycles. The van der Waals surface area contributed by atoms with Gasteiger partial charge in [0.05, 0.1) is 45.8 Å². The van der Waals surface area contributed by atoms with Gasteiger partial charge in [-0.2, -0.15) is 10.5 Å². The van der Waals surface area contributed by atoms with Crippen molar-refractivity contribution in [2.75, 3.05) is 9.80 Å². The summed E-state index contributed by atoms with van der Waals surface area (Å²) in [7, 11) is 0. The fourth-order valence-electron chi connectivity index (χ4n) is 9.59. The number of anilines is 2. The zero-order valence-electron chi connectivity index (χ0n) is 33.7. The van der Waals surface area contributed by atoms with Crippen LogP contribution in [0.3, 0.4) is 0 Å². The Hall–Kier alpha value is -6.90. The average Bonchev–Trinajstić information content (AvgIpc) is 3.20. The highest BCUT2D eigenvalue weighted by Gasteiger charge is 2.41. The molecule has 0 unspecified atom stereocenters. The number of rotatable bonds is 6. The summed E-state index contributed by atoms with van der Waals surface area (Å²) in [5, 5.41) is 25.6. The van der Waals surface area contributed by atoms with Crippen LogP contribution in [0.1, 0.15) is 154 Å². The highest BCUT2D eigenvalue weighted by Crippen LogP contribution is 2.50. The Labute approximate surface area is 336 Å².